The van der Waals surface area contributed by atoms with Gasteiger partial charge in [0, 0.05) is 0 Å². The molecule has 2 saturated carbocycles. The molecule has 1 N–H and O–H groups in total. The molecule has 0 aromatic carbocycles. The van der Waals surface area contributed by atoms with E-state index in [4.69, 9.17) is 5.11 Å². The molecule has 0 aromatic rings. The smallest absolute Gasteiger partial charge is 0.309 e. The number of hydrogen-bond acceptors (Lipinski definition) is 1. The molecule has 0 radical (unpaired) electrons. The standard InChI is InChI=1S/C10H16O2/c1-10(9(11)12)6-2-3-8(10)7-4-5-7/h7-8H,2-6H2,1H3,(H,11,12). The van der Waals surface area contributed by atoms with E-state index >= 15 is 0 Å². The Bertz CT molecular complexity index is 208. The Morgan fingerprint density at radius 2 is 2.08 bits per heavy atom. The molecule has 0 bridgehead atoms. The Labute approximate surface area is 73.0 Å². The topological polar surface area (TPSA) is 37.3 Å². The van der Waals surface area contributed by atoms with Crippen LogP contribution in [0.4, 0.5) is 0 Å². The van der Waals surface area contributed by atoms with Crippen molar-refractivity contribution < 1.29 is 9.90 Å². The fourth-order valence-corrected chi connectivity index (χ4v) is 2.71. The molecule has 2 rings (SSSR count). The number of carboxylic acids is 1. The van der Waals surface area contributed by atoms with E-state index in [0.29, 0.717) is 5.92 Å². The minimum atomic E-state index is -0.572. The molecule has 2 aliphatic carbocycles. The summed E-state index contributed by atoms with van der Waals surface area (Å²) >= 11 is 0. The van der Waals surface area contributed by atoms with Gasteiger partial charge in [-0.05, 0) is 44.4 Å². The van der Waals surface area contributed by atoms with Crippen molar-refractivity contribution >= 4 is 5.97 Å². The predicted molar refractivity (Wildman–Crippen MR) is 45.8 cm³/mol. The number of carbonyl (C=O) groups is 1. The first-order valence-corrected chi connectivity index (χ1v) is 4.88. The summed E-state index contributed by atoms with van der Waals surface area (Å²) in [4.78, 5) is 11.1. The number of hydrogen-bond donors (Lipinski definition) is 1. The van der Waals surface area contributed by atoms with Crippen LogP contribution < -0.4 is 0 Å². The summed E-state index contributed by atoms with van der Waals surface area (Å²) in [6.07, 6.45) is 5.70. The van der Waals surface area contributed by atoms with Crippen LogP contribution in [0.15, 0.2) is 0 Å². The van der Waals surface area contributed by atoms with Gasteiger partial charge < -0.3 is 5.11 Å². The van der Waals surface area contributed by atoms with Crippen LogP contribution in [0.2, 0.25) is 0 Å². The van der Waals surface area contributed by atoms with Gasteiger partial charge in [-0.25, -0.2) is 0 Å². The summed E-state index contributed by atoms with van der Waals surface area (Å²) in [6, 6.07) is 0. The van der Waals surface area contributed by atoms with E-state index in [0.717, 1.165) is 25.2 Å². The van der Waals surface area contributed by atoms with Gasteiger partial charge in [0.05, 0.1) is 5.41 Å². The normalized spacial score (nSPS) is 41.6. The molecule has 2 unspecified atom stereocenters. The van der Waals surface area contributed by atoms with E-state index in [1.165, 1.54) is 12.8 Å². The lowest BCUT2D eigenvalue weighted by molar-refractivity contribution is -0.150. The average molecular weight is 168 g/mol. The lowest BCUT2D eigenvalue weighted by Crippen LogP contribution is -2.32. The Hall–Kier alpha value is -0.530. The van der Waals surface area contributed by atoms with Gasteiger partial charge in [0.25, 0.3) is 0 Å². The maximum Gasteiger partial charge on any atom is 0.309 e. The maximum absolute atomic E-state index is 11.1. The molecule has 0 spiro atoms. The van der Waals surface area contributed by atoms with E-state index in [2.05, 4.69) is 0 Å². The Morgan fingerprint density at radius 1 is 1.42 bits per heavy atom. The number of rotatable bonds is 2. The van der Waals surface area contributed by atoms with Gasteiger partial charge in [-0.15, -0.1) is 0 Å². The zero-order valence-corrected chi connectivity index (χ0v) is 7.55. The molecular weight excluding hydrogens is 152 g/mol. The van der Waals surface area contributed by atoms with Gasteiger partial charge >= 0.3 is 5.97 Å². The highest BCUT2D eigenvalue weighted by atomic mass is 16.4. The monoisotopic (exact) mass is 168 g/mol. The summed E-state index contributed by atoms with van der Waals surface area (Å²) < 4.78 is 0. The molecule has 2 atom stereocenters. The first-order chi connectivity index (χ1) is 5.64. The van der Waals surface area contributed by atoms with Gasteiger partial charge in [0.2, 0.25) is 0 Å². The third-order valence-electron chi connectivity index (χ3n) is 3.71. The number of aliphatic carboxylic acids is 1. The van der Waals surface area contributed by atoms with Crippen LogP contribution in [0.5, 0.6) is 0 Å². The van der Waals surface area contributed by atoms with Crippen LogP contribution in [0.25, 0.3) is 0 Å². The largest absolute Gasteiger partial charge is 0.481 e. The quantitative estimate of drug-likeness (QED) is 0.686. The second kappa shape index (κ2) is 2.48. The summed E-state index contributed by atoms with van der Waals surface area (Å²) in [5, 5.41) is 9.12. The Kier molecular flexibility index (Phi) is 1.67. The minimum Gasteiger partial charge on any atom is -0.481 e. The van der Waals surface area contributed by atoms with Gasteiger partial charge in [0.15, 0.2) is 0 Å². The fourth-order valence-electron chi connectivity index (χ4n) is 2.71. The average Bonchev–Trinajstić information content (AvgIpc) is 2.76. The van der Waals surface area contributed by atoms with Crippen LogP contribution in [-0.4, -0.2) is 11.1 Å². The third kappa shape index (κ3) is 1.05. The molecule has 0 heterocycles. The molecule has 12 heavy (non-hydrogen) atoms. The first kappa shape index (κ1) is 8.09. The molecule has 0 aromatic heterocycles. The van der Waals surface area contributed by atoms with Crippen LogP contribution in [0.3, 0.4) is 0 Å². The molecule has 2 aliphatic rings. The molecule has 2 nitrogen and oxygen atoms in total. The van der Waals surface area contributed by atoms with Crippen molar-refractivity contribution in [3.8, 4) is 0 Å². The zero-order chi connectivity index (χ0) is 8.77. The van der Waals surface area contributed by atoms with Crippen molar-refractivity contribution in [3.63, 3.8) is 0 Å². The first-order valence-electron chi connectivity index (χ1n) is 4.88. The van der Waals surface area contributed by atoms with Crippen LogP contribution in [0.1, 0.15) is 39.0 Å². The van der Waals surface area contributed by atoms with Crippen molar-refractivity contribution in [3.05, 3.63) is 0 Å². The van der Waals surface area contributed by atoms with Crippen molar-refractivity contribution in [2.24, 2.45) is 17.3 Å². The summed E-state index contributed by atoms with van der Waals surface area (Å²) in [5.74, 6) is 0.653. The lowest BCUT2D eigenvalue weighted by atomic mass is 9.77. The van der Waals surface area contributed by atoms with Crippen molar-refractivity contribution in [2.45, 2.75) is 39.0 Å². The van der Waals surface area contributed by atoms with Gasteiger partial charge in [-0.2, -0.15) is 0 Å². The van der Waals surface area contributed by atoms with Crippen molar-refractivity contribution in [1.82, 2.24) is 0 Å². The molecular formula is C10H16O2. The van der Waals surface area contributed by atoms with Gasteiger partial charge in [-0.3, -0.25) is 4.79 Å². The van der Waals surface area contributed by atoms with E-state index in [-0.39, 0.29) is 5.41 Å². The second-order valence-electron chi connectivity index (χ2n) is 4.56. The minimum absolute atomic E-state index is 0.388. The lowest BCUT2D eigenvalue weighted by Gasteiger charge is -2.26. The highest BCUT2D eigenvalue weighted by Gasteiger charge is 2.50. The van der Waals surface area contributed by atoms with E-state index in [9.17, 15) is 4.79 Å². The molecule has 0 amide bonds. The van der Waals surface area contributed by atoms with Crippen molar-refractivity contribution in [1.29, 1.82) is 0 Å². The maximum atomic E-state index is 11.1. The molecule has 0 saturated heterocycles. The zero-order valence-electron chi connectivity index (χ0n) is 7.55. The molecule has 68 valence electrons. The molecule has 2 heteroatoms. The van der Waals surface area contributed by atoms with Gasteiger partial charge in [0.1, 0.15) is 0 Å². The number of carboxylic acid groups (broad SMARTS) is 1. The van der Waals surface area contributed by atoms with Crippen LogP contribution >= 0.6 is 0 Å². The van der Waals surface area contributed by atoms with Crippen LogP contribution in [-0.2, 0) is 4.79 Å². The SMILES string of the molecule is CC1(C(=O)O)CCCC1C1CC1. The van der Waals surface area contributed by atoms with E-state index < -0.39 is 5.97 Å². The van der Waals surface area contributed by atoms with E-state index in [1.807, 2.05) is 6.92 Å². The molecule has 2 fully saturated rings. The van der Waals surface area contributed by atoms with Crippen LogP contribution in [0, 0.1) is 17.3 Å². The highest BCUT2D eigenvalue weighted by Crippen LogP contribution is 2.54. The Morgan fingerprint density at radius 3 is 2.58 bits per heavy atom. The molecule has 0 aliphatic heterocycles. The fraction of sp³-hybridized carbons (Fsp3) is 0.900. The summed E-state index contributed by atoms with van der Waals surface area (Å²) in [6.45, 7) is 1.94. The summed E-state index contributed by atoms with van der Waals surface area (Å²) in [7, 11) is 0. The Balaban J connectivity index is 2.16. The van der Waals surface area contributed by atoms with Gasteiger partial charge in [-0.1, -0.05) is 6.42 Å². The second-order valence-corrected chi connectivity index (χ2v) is 4.56. The van der Waals surface area contributed by atoms with Crippen molar-refractivity contribution in [2.75, 3.05) is 0 Å². The predicted octanol–water partition coefficient (Wildman–Crippen LogP) is 2.29. The van der Waals surface area contributed by atoms with E-state index in [1.54, 1.807) is 0 Å². The third-order valence-corrected chi connectivity index (χ3v) is 3.71. The summed E-state index contributed by atoms with van der Waals surface area (Å²) in [5.41, 5.74) is -0.388. The highest BCUT2D eigenvalue weighted by molar-refractivity contribution is 5.75.